The first-order valence-corrected chi connectivity index (χ1v) is 10.5. The van der Waals surface area contributed by atoms with E-state index < -0.39 is 0 Å². The maximum Gasteiger partial charge on any atom is 0.269 e. The average Bonchev–Trinajstić information content (AvgIpc) is 2.71. The lowest BCUT2D eigenvalue weighted by atomic mass is 10.0. The van der Waals surface area contributed by atoms with Crippen molar-refractivity contribution in [2.24, 2.45) is 11.7 Å². The Morgan fingerprint density at radius 1 is 1.31 bits per heavy atom. The molecule has 0 aliphatic heterocycles. The molecule has 150 valence electrons. The Balaban J connectivity index is 2.22. The molecule has 2 N–H and O–H groups in total. The molecule has 4 nitrogen and oxygen atoms in total. The molecule has 0 unspecified atom stereocenters. The van der Waals surface area contributed by atoms with Gasteiger partial charge in [0.1, 0.15) is 11.6 Å². The van der Waals surface area contributed by atoms with Gasteiger partial charge in [0.05, 0.1) is 0 Å². The molecular weight excluding hydrogens is 378 g/mol. The second-order valence-corrected chi connectivity index (χ2v) is 8.10. The number of nitriles is 1. The highest BCUT2D eigenvalue weighted by atomic mass is 32.2. The molecule has 2 aromatic rings. The van der Waals surface area contributed by atoms with Gasteiger partial charge in [-0.25, -0.2) is 0 Å². The SMILES string of the molecule is C=C/C=C(\C=C/N)SCc1ccc(-c2ccn(CCC(C)C)c(=O)c2C#N)cc1. The van der Waals surface area contributed by atoms with Crippen LogP contribution < -0.4 is 11.3 Å². The first kappa shape index (κ1) is 22.3. The first-order valence-electron chi connectivity index (χ1n) is 9.56. The van der Waals surface area contributed by atoms with Crippen LogP contribution in [-0.4, -0.2) is 4.57 Å². The molecule has 0 radical (unpaired) electrons. The van der Waals surface area contributed by atoms with Gasteiger partial charge in [0.2, 0.25) is 0 Å². The van der Waals surface area contributed by atoms with Crippen molar-refractivity contribution < 1.29 is 0 Å². The van der Waals surface area contributed by atoms with Crippen molar-refractivity contribution in [1.29, 1.82) is 5.26 Å². The highest BCUT2D eigenvalue weighted by Crippen LogP contribution is 2.26. The van der Waals surface area contributed by atoms with Crippen molar-refractivity contribution in [3.8, 4) is 17.2 Å². The number of hydrogen-bond donors (Lipinski definition) is 1. The van der Waals surface area contributed by atoms with E-state index in [-0.39, 0.29) is 11.1 Å². The minimum Gasteiger partial charge on any atom is -0.405 e. The normalized spacial score (nSPS) is 11.7. The Labute approximate surface area is 177 Å². The van der Waals surface area contributed by atoms with Gasteiger partial charge in [0, 0.05) is 29.0 Å². The summed E-state index contributed by atoms with van der Waals surface area (Å²) in [6, 6.07) is 11.9. The van der Waals surface area contributed by atoms with Crippen LogP contribution in [0, 0.1) is 17.2 Å². The van der Waals surface area contributed by atoms with E-state index in [4.69, 9.17) is 5.73 Å². The van der Waals surface area contributed by atoms with Gasteiger partial charge in [0.15, 0.2) is 0 Å². The van der Waals surface area contributed by atoms with Gasteiger partial charge >= 0.3 is 0 Å². The fraction of sp³-hybridized carbons (Fsp3) is 0.250. The number of benzene rings is 1. The molecular formula is C24H27N3OS. The Kier molecular flexibility index (Phi) is 8.57. The summed E-state index contributed by atoms with van der Waals surface area (Å²) in [6.07, 6.45) is 9.69. The molecule has 0 saturated carbocycles. The van der Waals surface area contributed by atoms with E-state index in [0.717, 1.165) is 28.2 Å². The van der Waals surface area contributed by atoms with E-state index in [1.807, 2.05) is 42.5 Å². The minimum atomic E-state index is -0.224. The van der Waals surface area contributed by atoms with Crippen LogP contribution >= 0.6 is 11.8 Å². The molecule has 0 atom stereocenters. The smallest absolute Gasteiger partial charge is 0.269 e. The molecule has 1 heterocycles. The van der Waals surface area contributed by atoms with Crippen LogP contribution in [-0.2, 0) is 12.3 Å². The predicted molar refractivity (Wildman–Crippen MR) is 123 cm³/mol. The summed E-state index contributed by atoms with van der Waals surface area (Å²) in [4.78, 5) is 13.7. The summed E-state index contributed by atoms with van der Waals surface area (Å²) in [6.45, 7) is 8.57. The molecule has 5 heteroatoms. The summed E-state index contributed by atoms with van der Waals surface area (Å²) in [5, 5.41) is 9.57. The van der Waals surface area contributed by atoms with Gasteiger partial charge < -0.3 is 10.3 Å². The number of rotatable bonds is 9. The van der Waals surface area contributed by atoms with Crippen LogP contribution in [0.3, 0.4) is 0 Å². The molecule has 1 aromatic carbocycles. The Bertz CT molecular complexity index is 992. The predicted octanol–water partition coefficient (Wildman–Crippen LogP) is 5.21. The minimum absolute atomic E-state index is 0.197. The van der Waals surface area contributed by atoms with Gasteiger partial charge in [-0.1, -0.05) is 50.8 Å². The largest absolute Gasteiger partial charge is 0.405 e. The first-order chi connectivity index (χ1) is 14.0. The van der Waals surface area contributed by atoms with E-state index >= 15 is 0 Å². The lowest BCUT2D eigenvalue weighted by Crippen LogP contribution is -2.23. The summed E-state index contributed by atoms with van der Waals surface area (Å²) in [7, 11) is 0. The number of nitrogens with two attached hydrogens (primary N) is 1. The van der Waals surface area contributed by atoms with E-state index in [9.17, 15) is 10.1 Å². The van der Waals surface area contributed by atoms with E-state index in [0.29, 0.717) is 18.0 Å². The summed E-state index contributed by atoms with van der Waals surface area (Å²) in [5.41, 5.74) is 8.13. The van der Waals surface area contributed by atoms with Crippen LogP contribution in [0.5, 0.6) is 0 Å². The maximum atomic E-state index is 12.7. The van der Waals surface area contributed by atoms with Gasteiger partial charge in [0.25, 0.3) is 5.56 Å². The molecule has 0 aliphatic carbocycles. The second-order valence-electron chi connectivity index (χ2n) is 7.05. The fourth-order valence-corrected chi connectivity index (χ4v) is 3.70. The standard InChI is InChI=1S/C24H27N3OS/c1-4-5-21(10-13-25)29-17-19-6-8-20(9-7-19)22-12-15-27(14-11-18(2)3)24(28)23(22)16-26/h4-10,12-13,15,18H,1,11,14,17,25H2,2-3H3/b13-10-,21-5+. The third-order valence-corrected chi connectivity index (χ3v) is 5.52. The molecule has 1 aromatic heterocycles. The molecule has 0 amide bonds. The van der Waals surface area contributed by atoms with Crippen LogP contribution in [0.15, 0.2) is 77.2 Å². The van der Waals surface area contributed by atoms with E-state index in [1.54, 1.807) is 28.6 Å². The van der Waals surface area contributed by atoms with Crippen molar-refractivity contribution in [3.63, 3.8) is 0 Å². The highest BCUT2D eigenvalue weighted by molar-refractivity contribution is 8.02. The number of aromatic nitrogens is 1. The van der Waals surface area contributed by atoms with Crippen LogP contribution in [0.2, 0.25) is 0 Å². The van der Waals surface area contributed by atoms with Crippen molar-refractivity contribution in [2.75, 3.05) is 0 Å². The number of hydrogen-bond acceptors (Lipinski definition) is 4. The molecule has 29 heavy (non-hydrogen) atoms. The molecule has 2 rings (SSSR count). The molecule has 0 spiro atoms. The summed E-state index contributed by atoms with van der Waals surface area (Å²) in [5.74, 6) is 1.28. The number of thioether (sulfide) groups is 1. The van der Waals surface area contributed by atoms with Gasteiger partial charge in [-0.2, -0.15) is 5.26 Å². The fourth-order valence-electron chi connectivity index (χ4n) is 2.81. The van der Waals surface area contributed by atoms with Gasteiger partial charge in [-0.3, -0.25) is 4.79 Å². The molecule has 0 bridgehead atoms. The lowest BCUT2D eigenvalue weighted by molar-refractivity contribution is 0.507. The maximum absolute atomic E-state index is 12.7. The third kappa shape index (κ3) is 6.27. The Hall–Kier alpha value is -2.97. The van der Waals surface area contributed by atoms with E-state index in [2.05, 4.69) is 26.5 Å². The van der Waals surface area contributed by atoms with Crippen molar-refractivity contribution in [3.05, 3.63) is 93.9 Å². The monoisotopic (exact) mass is 405 g/mol. The number of nitrogens with zero attached hydrogens (tertiary/aromatic N) is 2. The molecule has 0 fully saturated rings. The van der Waals surface area contributed by atoms with Crippen LogP contribution in [0.1, 0.15) is 31.4 Å². The zero-order chi connectivity index (χ0) is 21.2. The Morgan fingerprint density at radius 3 is 2.62 bits per heavy atom. The van der Waals surface area contributed by atoms with Crippen LogP contribution in [0.25, 0.3) is 11.1 Å². The van der Waals surface area contributed by atoms with Gasteiger partial charge in [-0.05, 0) is 47.9 Å². The number of allylic oxidation sites excluding steroid dienone is 3. The Morgan fingerprint density at radius 2 is 2.03 bits per heavy atom. The summed E-state index contributed by atoms with van der Waals surface area (Å²) < 4.78 is 1.63. The van der Waals surface area contributed by atoms with Crippen molar-refractivity contribution in [1.82, 2.24) is 4.57 Å². The van der Waals surface area contributed by atoms with Gasteiger partial charge in [-0.15, -0.1) is 11.8 Å². The lowest BCUT2D eigenvalue weighted by Gasteiger charge is -2.11. The zero-order valence-electron chi connectivity index (χ0n) is 17.0. The second kappa shape index (κ2) is 11.1. The highest BCUT2D eigenvalue weighted by Gasteiger charge is 2.12. The molecule has 0 aliphatic rings. The quantitative estimate of drug-likeness (QED) is 0.581. The zero-order valence-corrected chi connectivity index (χ0v) is 17.8. The average molecular weight is 406 g/mol. The topological polar surface area (TPSA) is 71.8 Å². The van der Waals surface area contributed by atoms with E-state index in [1.165, 1.54) is 6.20 Å². The summed E-state index contributed by atoms with van der Waals surface area (Å²) >= 11 is 1.66. The molecule has 0 saturated heterocycles. The van der Waals surface area contributed by atoms with Crippen molar-refractivity contribution >= 4 is 11.8 Å². The van der Waals surface area contributed by atoms with Crippen molar-refractivity contribution in [2.45, 2.75) is 32.6 Å². The van der Waals surface area contributed by atoms with Crippen LogP contribution in [0.4, 0.5) is 0 Å². The third-order valence-electron chi connectivity index (χ3n) is 4.44. The number of pyridine rings is 1. The number of aryl methyl sites for hydroxylation is 1.